The van der Waals surface area contributed by atoms with Crippen molar-refractivity contribution in [2.45, 2.75) is 25.2 Å². The minimum atomic E-state index is -0.550. The Balaban J connectivity index is 0.00000215. The van der Waals surface area contributed by atoms with Crippen LogP contribution in [0.5, 0.6) is 0 Å². The monoisotopic (exact) mass is 746 g/mol. The van der Waals surface area contributed by atoms with Gasteiger partial charge in [-0.3, -0.25) is 5.84 Å². The van der Waals surface area contributed by atoms with Crippen LogP contribution < -0.4 is 21.8 Å². The van der Waals surface area contributed by atoms with E-state index in [1.165, 1.54) is 44.0 Å². The molecular weight excluding hydrogens is 705 g/mol. The average Bonchev–Trinajstić information content (AvgIpc) is 3.93. The highest BCUT2D eigenvalue weighted by atomic mass is 15.2. The van der Waals surface area contributed by atoms with Crippen LogP contribution in [0, 0.1) is 11.3 Å². The molecule has 0 spiro atoms. The van der Waals surface area contributed by atoms with Gasteiger partial charge in [0.25, 0.3) is 0 Å². The summed E-state index contributed by atoms with van der Waals surface area (Å²) >= 11 is 0. The van der Waals surface area contributed by atoms with E-state index in [-0.39, 0.29) is 5.92 Å². The fourth-order valence-electron chi connectivity index (χ4n) is 9.10. The third kappa shape index (κ3) is 5.73. The lowest BCUT2D eigenvalue weighted by Crippen LogP contribution is -2.28. The first kappa shape index (κ1) is 36.2. The van der Waals surface area contributed by atoms with Crippen LogP contribution in [0.1, 0.15) is 64.3 Å². The molecule has 1 heterocycles. The smallest absolute Gasteiger partial charge is 0.0991 e. The predicted octanol–water partition coefficient (Wildman–Crippen LogP) is 10.0. The first-order valence-electron chi connectivity index (χ1n) is 19.9. The lowest BCUT2D eigenvalue weighted by Gasteiger charge is -2.32. The van der Waals surface area contributed by atoms with Gasteiger partial charge in [0.15, 0.2) is 0 Å². The first-order valence-corrected chi connectivity index (χ1v) is 19.9. The molecule has 1 aromatic heterocycles. The zero-order valence-corrected chi connectivity index (χ0v) is 32.5. The molecule has 2 aliphatic carbocycles. The number of allylic oxidation sites excluding steroid dienone is 2. The number of rotatable bonds is 8. The van der Waals surface area contributed by atoms with E-state index in [1.54, 1.807) is 0 Å². The number of hydrazine groups is 1. The van der Waals surface area contributed by atoms with E-state index < -0.39 is 5.41 Å². The Bertz CT molecular complexity index is 3010. The zero-order chi connectivity index (χ0) is 39.6. The molecule has 2 aliphatic rings. The van der Waals surface area contributed by atoms with E-state index in [4.69, 9.17) is 5.84 Å². The second-order valence-corrected chi connectivity index (χ2v) is 14.4. The Hall–Kier alpha value is -7.41. The van der Waals surface area contributed by atoms with Crippen molar-refractivity contribution in [2.24, 2.45) is 5.84 Å². The number of nitrogens with zero attached hydrogens (tertiary/aromatic N) is 2. The minimum Gasteiger partial charge on any atom is -0.324 e. The molecule has 4 nitrogen and oxygen atoms in total. The van der Waals surface area contributed by atoms with Gasteiger partial charge >= 0.3 is 0 Å². The third-order valence-electron chi connectivity index (χ3n) is 11.4. The second kappa shape index (κ2) is 15.3. The van der Waals surface area contributed by atoms with Crippen molar-refractivity contribution in [3.63, 3.8) is 0 Å². The van der Waals surface area contributed by atoms with Crippen molar-refractivity contribution in [3.8, 4) is 11.8 Å². The van der Waals surface area contributed by atoms with Crippen molar-refractivity contribution >= 4 is 27.9 Å². The Morgan fingerprint density at radius 2 is 1.29 bits per heavy atom. The van der Waals surface area contributed by atoms with E-state index in [1.807, 2.05) is 62.4 Å². The number of fused-ring (bicyclic) bond motifs is 6. The summed E-state index contributed by atoms with van der Waals surface area (Å²) in [4.78, 5) is 0. The maximum absolute atomic E-state index is 9.88. The lowest BCUT2D eigenvalue weighted by molar-refractivity contribution is 0.775. The van der Waals surface area contributed by atoms with Gasteiger partial charge in [0.1, 0.15) is 0 Å². The number of nitrogens with two attached hydrogens (primary N) is 1. The van der Waals surface area contributed by atoms with Crippen LogP contribution in [0.4, 0.5) is 0 Å². The quantitative estimate of drug-likeness (QED) is 0.120. The molecule has 1 unspecified atom stereocenters. The molecule has 0 aliphatic heterocycles. The summed E-state index contributed by atoms with van der Waals surface area (Å²) in [7, 11) is 0. The number of nitriles is 1. The van der Waals surface area contributed by atoms with Gasteiger partial charge in [-0.2, -0.15) is 5.26 Å². The number of hydrogen-bond donors (Lipinski definition) is 2. The molecule has 0 saturated carbocycles. The van der Waals surface area contributed by atoms with Crippen molar-refractivity contribution in [3.05, 3.63) is 255 Å². The second-order valence-electron chi connectivity index (χ2n) is 14.4. The molecule has 8 aromatic rings. The average molecular weight is 747 g/mol. The molecule has 1 atom stereocenters. The fourth-order valence-corrected chi connectivity index (χ4v) is 9.10. The van der Waals surface area contributed by atoms with Crippen LogP contribution in [0.25, 0.3) is 33.6 Å². The Labute approximate surface area is 339 Å². The number of aromatic nitrogens is 1. The molecule has 58 heavy (non-hydrogen) atoms. The third-order valence-corrected chi connectivity index (χ3v) is 11.4. The Kier molecular flexibility index (Phi) is 9.54. The fraction of sp³-hybridized carbons (Fsp3) is 0.0741. The van der Waals surface area contributed by atoms with Gasteiger partial charge in [0.2, 0.25) is 0 Å². The maximum Gasteiger partial charge on any atom is 0.0991 e. The van der Waals surface area contributed by atoms with E-state index in [2.05, 4.69) is 167 Å². The number of para-hydroxylation sites is 1. The van der Waals surface area contributed by atoms with E-state index in [0.717, 1.165) is 38.9 Å². The normalized spacial score (nSPS) is 13.9. The van der Waals surface area contributed by atoms with Gasteiger partial charge in [-0.25, -0.2) is 0 Å². The molecule has 0 radical (unpaired) electrons. The summed E-state index contributed by atoms with van der Waals surface area (Å²) in [6, 6.07) is 68.4. The molecule has 0 saturated heterocycles. The van der Waals surface area contributed by atoms with Crippen LogP contribution in [0.3, 0.4) is 0 Å². The molecule has 0 bridgehead atoms. The molecule has 278 valence electrons. The summed E-state index contributed by atoms with van der Waals surface area (Å²) in [5, 5.41) is 13.3. The van der Waals surface area contributed by atoms with Crippen LogP contribution in [0.15, 0.2) is 200 Å². The minimum absolute atomic E-state index is 0.212. The van der Waals surface area contributed by atoms with Gasteiger partial charge < -0.3 is 9.99 Å². The standard InChI is InChI=1S/C52H36N4.C2H6/c53-34-35-16-14-19-37(30-35)44(32-47(55-54)36-17-4-1-5-18-36)38-20-15-25-41(31-38)56-48-29-13-11-27-43(48)51-49(56)33-46-50(51)42-26-10-12-28-45(42)52(46,39-21-6-2-7-22-39)40-23-8-3-9-24-40;1-2/h1-32,44,55H,54H2;1-2H3/b47-32-;. The summed E-state index contributed by atoms with van der Waals surface area (Å²) < 4.78 is 2.38. The van der Waals surface area contributed by atoms with Crippen LogP contribution in [-0.4, -0.2) is 4.57 Å². The first-order chi connectivity index (χ1) is 28.7. The zero-order valence-electron chi connectivity index (χ0n) is 32.5. The molecule has 0 amide bonds. The summed E-state index contributed by atoms with van der Waals surface area (Å²) in [5.41, 5.74) is 20.5. The molecule has 3 N–H and O–H groups in total. The van der Waals surface area contributed by atoms with E-state index >= 15 is 0 Å². The van der Waals surface area contributed by atoms with Gasteiger partial charge in [0, 0.05) is 33.4 Å². The number of nitrogens with one attached hydrogen (secondary N) is 1. The topological polar surface area (TPSA) is 66.8 Å². The largest absolute Gasteiger partial charge is 0.324 e. The summed E-state index contributed by atoms with van der Waals surface area (Å²) in [6.45, 7) is 4.00. The highest BCUT2D eigenvalue weighted by Crippen LogP contribution is 2.56. The molecule has 4 heteroatoms. The van der Waals surface area contributed by atoms with E-state index in [0.29, 0.717) is 5.56 Å². The van der Waals surface area contributed by atoms with Gasteiger partial charge in [-0.15, -0.1) is 0 Å². The Morgan fingerprint density at radius 1 is 0.690 bits per heavy atom. The highest BCUT2D eigenvalue weighted by Gasteiger charge is 2.50. The van der Waals surface area contributed by atoms with Crippen molar-refractivity contribution in [1.82, 2.24) is 9.99 Å². The number of hydrogen-bond acceptors (Lipinski definition) is 3. The highest BCUT2D eigenvalue weighted by molar-refractivity contribution is 6.02. The van der Waals surface area contributed by atoms with E-state index in [9.17, 15) is 5.26 Å². The molecule has 0 fully saturated rings. The number of benzene rings is 7. The van der Waals surface area contributed by atoms with Crippen LogP contribution in [-0.2, 0) is 5.41 Å². The van der Waals surface area contributed by atoms with Gasteiger partial charge in [-0.05, 0) is 75.4 Å². The predicted molar refractivity (Wildman–Crippen MR) is 237 cm³/mol. The summed E-state index contributed by atoms with van der Waals surface area (Å²) in [5.74, 6) is 5.98. The molecular formula is C54H42N4. The SMILES string of the molecule is CC.N#Cc1cccc(C(/C=C(\NN)c2ccccc2)c2cccc(-n3c4c(c5ccccc53)=C3C(=C=4)C(c4ccccc4)(c4ccccc4)c4ccccc43)c2)c1. The van der Waals surface area contributed by atoms with Crippen molar-refractivity contribution < 1.29 is 0 Å². The van der Waals surface area contributed by atoms with Crippen molar-refractivity contribution in [1.29, 1.82) is 5.26 Å². The van der Waals surface area contributed by atoms with Crippen molar-refractivity contribution in [2.75, 3.05) is 0 Å². The maximum atomic E-state index is 9.88. The molecule has 10 rings (SSSR count). The molecule has 7 aromatic carbocycles. The Morgan fingerprint density at radius 3 is 1.98 bits per heavy atom. The summed E-state index contributed by atoms with van der Waals surface area (Å²) in [6.07, 6.45) is 2.16. The van der Waals surface area contributed by atoms with Crippen LogP contribution >= 0.6 is 0 Å². The van der Waals surface area contributed by atoms with Gasteiger partial charge in [-0.1, -0.05) is 177 Å². The van der Waals surface area contributed by atoms with Crippen LogP contribution in [0.2, 0.25) is 0 Å². The van der Waals surface area contributed by atoms with Gasteiger partial charge in [0.05, 0.1) is 33.6 Å². The lowest BCUT2D eigenvalue weighted by atomic mass is 9.68.